The Morgan fingerprint density at radius 2 is 1.95 bits per heavy atom. The molecule has 0 aliphatic carbocycles. The fourth-order valence-electron chi connectivity index (χ4n) is 2.29. The second-order valence-corrected chi connectivity index (χ2v) is 8.25. The van der Waals surface area contributed by atoms with E-state index < -0.39 is 10.0 Å². The van der Waals surface area contributed by atoms with Crippen LogP contribution >= 0.6 is 11.3 Å². The van der Waals surface area contributed by atoms with Crippen molar-refractivity contribution in [3.05, 3.63) is 17.0 Å². The molecule has 20 heavy (non-hydrogen) atoms. The predicted molar refractivity (Wildman–Crippen MR) is 82.8 cm³/mol. The average molecular weight is 317 g/mol. The third kappa shape index (κ3) is 3.59. The Labute approximate surface area is 125 Å². The molecule has 0 atom stereocenters. The van der Waals surface area contributed by atoms with Crippen LogP contribution in [0, 0.1) is 0 Å². The number of nitrogens with zero attached hydrogens (tertiary/aromatic N) is 2. The van der Waals surface area contributed by atoms with Gasteiger partial charge in [-0.2, -0.15) is 4.31 Å². The first kappa shape index (κ1) is 15.9. The average Bonchev–Trinajstić information content (AvgIpc) is 2.94. The van der Waals surface area contributed by atoms with Crippen molar-refractivity contribution in [1.29, 1.82) is 0 Å². The second kappa shape index (κ2) is 7.00. The van der Waals surface area contributed by atoms with E-state index in [1.807, 2.05) is 13.1 Å². The van der Waals surface area contributed by atoms with Gasteiger partial charge in [-0.1, -0.05) is 6.92 Å². The Kier molecular flexibility index (Phi) is 5.57. The first-order chi connectivity index (χ1) is 9.57. The fraction of sp³-hybridized carbons (Fsp3) is 0.692. The fourth-order valence-corrected chi connectivity index (χ4v) is 5.22. The van der Waals surface area contributed by atoms with Crippen molar-refractivity contribution in [3.8, 4) is 0 Å². The van der Waals surface area contributed by atoms with Crippen LogP contribution in [0.15, 0.2) is 16.3 Å². The lowest BCUT2D eigenvalue weighted by Gasteiger charge is -2.32. The summed E-state index contributed by atoms with van der Waals surface area (Å²) in [6.07, 6.45) is 0.875. The van der Waals surface area contributed by atoms with Crippen molar-refractivity contribution in [1.82, 2.24) is 14.5 Å². The highest BCUT2D eigenvalue weighted by molar-refractivity contribution is 7.91. The van der Waals surface area contributed by atoms with Gasteiger partial charge >= 0.3 is 0 Å². The van der Waals surface area contributed by atoms with E-state index in [0.29, 0.717) is 17.3 Å². The molecule has 1 aromatic rings. The molecule has 0 amide bonds. The van der Waals surface area contributed by atoms with Crippen molar-refractivity contribution in [2.45, 2.75) is 17.6 Å². The molecule has 5 nitrogen and oxygen atoms in total. The third-order valence-electron chi connectivity index (χ3n) is 3.63. The lowest BCUT2D eigenvalue weighted by Crippen LogP contribution is -2.48. The molecule has 0 bridgehead atoms. The molecule has 0 saturated carbocycles. The van der Waals surface area contributed by atoms with Gasteiger partial charge in [-0.05, 0) is 38.7 Å². The van der Waals surface area contributed by atoms with E-state index in [1.54, 1.807) is 10.4 Å². The number of rotatable bonds is 6. The molecular formula is C13H23N3O2S2. The van der Waals surface area contributed by atoms with E-state index in [0.717, 1.165) is 37.5 Å². The minimum Gasteiger partial charge on any atom is -0.319 e. The predicted octanol–water partition coefficient (Wildman–Crippen LogP) is 0.836. The zero-order chi connectivity index (χ0) is 14.6. The van der Waals surface area contributed by atoms with Crippen LogP contribution in [-0.4, -0.2) is 63.9 Å². The van der Waals surface area contributed by atoms with Crippen LogP contribution in [0.1, 0.15) is 11.8 Å². The number of likely N-dealkylation sites (N-methyl/N-ethyl adjacent to an activating group) is 2. The van der Waals surface area contributed by atoms with Gasteiger partial charge in [-0.15, -0.1) is 11.3 Å². The zero-order valence-electron chi connectivity index (χ0n) is 12.1. The Morgan fingerprint density at radius 1 is 1.25 bits per heavy atom. The molecular weight excluding hydrogens is 294 g/mol. The van der Waals surface area contributed by atoms with Crippen LogP contribution in [0.2, 0.25) is 0 Å². The van der Waals surface area contributed by atoms with Crippen LogP contribution in [0.3, 0.4) is 0 Å². The van der Waals surface area contributed by atoms with Gasteiger partial charge in [0.15, 0.2) is 0 Å². The maximum Gasteiger partial charge on any atom is 0.252 e. The monoisotopic (exact) mass is 317 g/mol. The van der Waals surface area contributed by atoms with E-state index in [-0.39, 0.29) is 0 Å². The van der Waals surface area contributed by atoms with Gasteiger partial charge < -0.3 is 10.2 Å². The number of piperazine rings is 1. The summed E-state index contributed by atoms with van der Waals surface area (Å²) in [5, 5.41) is 3.08. The highest BCUT2D eigenvalue weighted by Crippen LogP contribution is 2.25. The smallest absolute Gasteiger partial charge is 0.252 e. The van der Waals surface area contributed by atoms with E-state index in [4.69, 9.17) is 0 Å². The first-order valence-electron chi connectivity index (χ1n) is 7.03. The zero-order valence-corrected chi connectivity index (χ0v) is 13.8. The molecule has 1 saturated heterocycles. The highest BCUT2D eigenvalue weighted by Gasteiger charge is 2.29. The molecule has 2 rings (SSSR count). The molecule has 1 N–H and O–H groups in total. The summed E-state index contributed by atoms with van der Waals surface area (Å²) in [5.74, 6) is 0. The van der Waals surface area contributed by atoms with Gasteiger partial charge in [0.25, 0.3) is 10.0 Å². The maximum atomic E-state index is 12.6. The Morgan fingerprint density at radius 3 is 2.55 bits per heavy atom. The summed E-state index contributed by atoms with van der Waals surface area (Å²) in [4.78, 5) is 3.39. The normalized spacial score (nSPS) is 18.5. The Bertz CT molecular complexity index is 519. The summed E-state index contributed by atoms with van der Waals surface area (Å²) >= 11 is 1.40. The van der Waals surface area contributed by atoms with E-state index in [9.17, 15) is 8.42 Å². The molecule has 1 aliphatic rings. The molecule has 7 heteroatoms. The SMILES string of the molecule is CCN1CCN(S(=O)(=O)c2ccc(CCNC)s2)CC1. The van der Waals surface area contributed by atoms with E-state index >= 15 is 0 Å². The van der Waals surface area contributed by atoms with Crippen LogP contribution in [-0.2, 0) is 16.4 Å². The van der Waals surface area contributed by atoms with E-state index in [1.165, 1.54) is 11.3 Å². The molecule has 0 spiro atoms. The summed E-state index contributed by atoms with van der Waals surface area (Å²) < 4.78 is 27.2. The molecule has 2 heterocycles. The summed E-state index contributed by atoms with van der Waals surface area (Å²) in [7, 11) is -1.39. The topological polar surface area (TPSA) is 52.7 Å². The van der Waals surface area contributed by atoms with Gasteiger partial charge in [-0.3, -0.25) is 0 Å². The van der Waals surface area contributed by atoms with Gasteiger partial charge in [-0.25, -0.2) is 8.42 Å². The molecule has 114 valence electrons. The van der Waals surface area contributed by atoms with Gasteiger partial charge in [0.05, 0.1) is 0 Å². The van der Waals surface area contributed by atoms with Gasteiger partial charge in [0.2, 0.25) is 0 Å². The van der Waals surface area contributed by atoms with Crippen LogP contribution in [0.5, 0.6) is 0 Å². The molecule has 1 fully saturated rings. The van der Waals surface area contributed by atoms with Crippen molar-refractivity contribution >= 4 is 21.4 Å². The van der Waals surface area contributed by atoms with Gasteiger partial charge in [0.1, 0.15) is 4.21 Å². The number of hydrogen-bond donors (Lipinski definition) is 1. The van der Waals surface area contributed by atoms with E-state index in [2.05, 4.69) is 17.1 Å². The Hall–Kier alpha value is -0.470. The largest absolute Gasteiger partial charge is 0.319 e. The van der Waals surface area contributed by atoms with Crippen molar-refractivity contribution in [2.75, 3.05) is 46.3 Å². The summed E-state index contributed by atoms with van der Waals surface area (Å²) in [6, 6.07) is 3.67. The highest BCUT2D eigenvalue weighted by atomic mass is 32.2. The molecule has 0 radical (unpaired) electrons. The van der Waals surface area contributed by atoms with Crippen LogP contribution in [0.25, 0.3) is 0 Å². The van der Waals surface area contributed by atoms with Crippen molar-refractivity contribution in [3.63, 3.8) is 0 Å². The van der Waals surface area contributed by atoms with Crippen LogP contribution < -0.4 is 5.32 Å². The third-order valence-corrected chi connectivity index (χ3v) is 7.14. The molecule has 0 aromatic carbocycles. The minimum absolute atomic E-state index is 0.480. The Balaban J connectivity index is 2.04. The maximum absolute atomic E-state index is 12.6. The first-order valence-corrected chi connectivity index (χ1v) is 9.29. The molecule has 1 aliphatic heterocycles. The lowest BCUT2D eigenvalue weighted by molar-refractivity contribution is 0.196. The van der Waals surface area contributed by atoms with Crippen LogP contribution in [0.4, 0.5) is 0 Å². The summed E-state index contributed by atoms with van der Waals surface area (Å²) in [5.41, 5.74) is 0. The number of thiophene rings is 1. The molecule has 1 aromatic heterocycles. The quantitative estimate of drug-likeness (QED) is 0.845. The molecule has 0 unspecified atom stereocenters. The van der Waals surface area contributed by atoms with Crippen molar-refractivity contribution in [2.24, 2.45) is 0 Å². The minimum atomic E-state index is -3.29. The number of nitrogens with one attached hydrogen (secondary N) is 1. The van der Waals surface area contributed by atoms with Crippen molar-refractivity contribution < 1.29 is 8.42 Å². The number of hydrogen-bond acceptors (Lipinski definition) is 5. The number of sulfonamides is 1. The standard InChI is InChI=1S/C13H23N3O2S2/c1-3-15-8-10-16(11-9-15)20(17,18)13-5-4-12(19-13)6-7-14-2/h4-5,14H,3,6-11H2,1-2H3. The second-order valence-electron chi connectivity index (χ2n) is 4.91. The van der Waals surface area contributed by atoms with Gasteiger partial charge in [0, 0.05) is 31.1 Å². The lowest BCUT2D eigenvalue weighted by atomic mass is 10.3. The summed E-state index contributed by atoms with van der Waals surface area (Å²) in [6.45, 7) is 6.81.